The Morgan fingerprint density at radius 1 is 1.09 bits per heavy atom. The van der Waals surface area contributed by atoms with Gasteiger partial charge in [-0.1, -0.05) is 32.0 Å². The van der Waals surface area contributed by atoms with Crippen molar-refractivity contribution in [2.24, 2.45) is 5.92 Å². The largest absolute Gasteiger partial charge is 0.399 e. The van der Waals surface area contributed by atoms with Crippen molar-refractivity contribution in [3.8, 4) is 0 Å². The number of amides is 2. The number of hydrogen-bond donors (Lipinski definition) is 1. The van der Waals surface area contributed by atoms with E-state index in [0.717, 1.165) is 29.8 Å². The predicted octanol–water partition coefficient (Wildman–Crippen LogP) is 3.52. The molecular weight excluding hydrogens is 426 g/mol. The molecule has 1 aromatic heterocycles. The molecule has 3 heterocycles. The lowest BCUT2D eigenvalue weighted by Crippen LogP contribution is -2.39. The van der Waals surface area contributed by atoms with Crippen LogP contribution in [0.4, 0.5) is 17.1 Å². The first-order chi connectivity index (χ1) is 16.3. The summed E-state index contributed by atoms with van der Waals surface area (Å²) in [5, 5.41) is 0. The smallest absolute Gasteiger partial charge is 0.232 e. The monoisotopic (exact) mass is 455 g/mol. The van der Waals surface area contributed by atoms with Gasteiger partial charge in [0.1, 0.15) is 6.33 Å². The molecule has 7 heteroatoms. The Kier molecular flexibility index (Phi) is 5.55. The summed E-state index contributed by atoms with van der Waals surface area (Å²) >= 11 is 0. The highest BCUT2D eigenvalue weighted by atomic mass is 16.2. The Balaban J connectivity index is 1.33. The molecule has 0 saturated carbocycles. The minimum absolute atomic E-state index is 0.0146. The third-order valence-corrected chi connectivity index (χ3v) is 6.87. The van der Waals surface area contributed by atoms with E-state index in [1.54, 1.807) is 23.4 Å². The van der Waals surface area contributed by atoms with E-state index in [1.807, 2.05) is 29.4 Å². The fourth-order valence-electron chi connectivity index (χ4n) is 5.06. The molecule has 1 atom stereocenters. The lowest BCUT2D eigenvalue weighted by atomic mass is 9.85. The lowest BCUT2D eigenvalue weighted by Gasteiger charge is -2.23. The Morgan fingerprint density at radius 2 is 1.85 bits per heavy atom. The van der Waals surface area contributed by atoms with E-state index in [0.29, 0.717) is 18.8 Å². The van der Waals surface area contributed by atoms with Gasteiger partial charge in [-0.2, -0.15) is 0 Å². The van der Waals surface area contributed by atoms with Crippen molar-refractivity contribution >= 4 is 28.9 Å². The predicted molar refractivity (Wildman–Crippen MR) is 133 cm³/mol. The van der Waals surface area contributed by atoms with Gasteiger partial charge in [0.2, 0.25) is 11.8 Å². The van der Waals surface area contributed by atoms with E-state index in [4.69, 9.17) is 5.73 Å². The van der Waals surface area contributed by atoms with Crippen molar-refractivity contribution in [3.63, 3.8) is 0 Å². The summed E-state index contributed by atoms with van der Waals surface area (Å²) in [4.78, 5) is 38.1. The topological polar surface area (TPSA) is 92.4 Å². The van der Waals surface area contributed by atoms with Crippen LogP contribution < -0.4 is 15.5 Å². The number of fused-ring (bicyclic) bond motifs is 1. The number of anilines is 3. The molecule has 2 aromatic carbocycles. The summed E-state index contributed by atoms with van der Waals surface area (Å²) in [6.45, 7) is 5.34. The van der Waals surface area contributed by atoms with Gasteiger partial charge in [-0.05, 0) is 53.8 Å². The molecule has 1 fully saturated rings. The number of nitrogen functional groups attached to an aromatic ring is 1. The van der Waals surface area contributed by atoms with E-state index < -0.39 is 0 Å². The second-order valence-electron chi connectivity index (χ2n) is 9.91. The van der Waals surface area contributed by atoms with E-state index in [2.05, 4.69) is 42.0 Å². The molecule has 7 nitrogen and oxygen atoms in total. The number of carbonyl (C=O) groups excluding carboxylic acids is 2. The number of nitrogens with zero attached hydrogens (tertiary/aromatic N) is 4. The van der Waals surface area contributed by atoms with Gasteiger partial charge in [-0.3, -0.25) is 9.59 Å². The highest BCUT2D eigenvalue weighted by Gasteiger charge is 2.43. The highest BCUT2D eigenvalue weighted by Crippen LogP contribution is 2.42. The van der Waals surface area contributed by atoms with Gasteiger partial charge in [-0.25, -0.2) is 9.97 Å². The Labute approximate surface area is 199 Å². The van der Waals surface area contributed by atoms with E-state index in [-0.39, 0.29) is 29.6 Å². The molecule has 0 bridgehead atoms. The van der Waals surface area contributed by atoms with Crippen molar-refractivity contribution in [1.29, 1.82) is 0 Å². The van der Waals surface area contributed by atoms with E-state index in [9.17, 15) is 9.59 Å². The van der Waals surface area contributed by atoms with Gasteiger partial charge in [-0.15, -0.1) is 0 Å². The summed E-state index contributed by atoms with van der Waals surface area (Å²) in [6.07, 6.45) is 7.21. The maximum absolute atomic E-state index is 13.6. The molecule has 2 aliphatic heterocycles. The fourth-order valence-corrected chi connectivity index (χ4v) is 5.06. The average Bonchev–Trinajstić information content (AvgIpc) is 3.35. The molecule has 1 saturated heterocycles. The summed E-state index contributed by atoms with van der Waals surface area (Å²) in [5.74, 6) is -0.392. The van der Waals surface area contributed by atoms with Crippen LogP contribution in [0.3, 0.4) is 0 Å². The third-order valence-electron chi connectivity index (χ3n) is 6.87. The third kappa shape index (κ3) is 4.14. The molecule has 0 radical (unpaired) electrons. The maximum Gasteiger partial charge on any atom is 0.232 e. The quantitative estimate of drug-likeness (QED) is 0.594. The summed E-state index contributed by atoms with van der Waals surface area (Å²) in [6, 6.07) is 13.6. The standard InChI is InChI=1S/C27H29N5O2/c1-27(2)16-32(24-9-8-18(10-23(24)27)6-7-19-13-29-17-30-14-19)26(34)20-11-25(33)31(15-20)22-5-3-4-21(28)12-22/h3-5,8-10,12-14,17,20H,6-7,11,15-16,28H2,1-2H3/t20-/m0/s1. The fraction of sp³-hybridized carbons (Fsp3) is 0.333. The van der Waals surface area contributed by atoms with Gasteiger partial charge in [0.15, 0.2) is 0 Å². The molecule has 2 N–H and O–H groups in total. The van der Waals surface area contributed by atoms with Crippen LogP contribution in [0, 0.1) is 5.92 Å². The van der Waals surface area contributed by atoms with Crippen LogP contribution in [0.2, 0.25) is 0 Å². The van der Waals surface area contributed by atoms with Crippen LogP contribution in [0.25, 0.3) is 0 Å². The molecule has 0 unspecified atom stereocenters. The second-order valence-corrected chi connectivity index (χ2v) is 9.91. The number of aromatic nitrogens is 2. The van der Waals surface area contributed by atoms with Crippen molar-refractivity contribution < 1.29 is 9.59 Å². The minimum Gasteiger partial charge on any atom is -0.399 e. The molecule has 5 rings (SSSR count). The Bertz CT molecular complexity index is 1240. The number of carbonyl (C=O) groups is 2. The van der Waals surface area contributed by atoms with Crippen molar-refractivity contribution in [1.82, 2.24) is 9.97 Å². The van der Waals surface area contributed by atoms with Crippen LogP contribution in [0.5, 0.6) is 0 Å². The first-order valence-electron chi connectivity index (χ1n) is 11.7. The molecule has 34 heavy (non-hydrogen) atoms. The number of nitrogens with two attached hydrogens (primary N) is 1. The molecule has 3 aromatic rings. The Morgan fingerprint density at radius 3 is 2.62 bits per heavy atom. The van der Waals surface area contributed by atoms with Crippen LogP contribution in [-0.2, 0) is 27.8 Å². The zero-order chi connectivity index (χ0) is 23.9. The van der Waals surface area contributed by atoms with Crippen LogP contribution in [0.1, 0.15) is 37.0 Å². The number of rotatable bonds is 5. The molecule has 0 spiro atoms. The molecular formula is C27H29N5O2. The van der Waals surface area contributed by atoms with E-state index >= 15 is 0 Å². The van der Waals surface area contributed by atoms with Crippen LogP contribution in [-0.4, -0.2) is 34.9 Å². The number of benzene rings is 2. The van der Waals surface area contributed by atoms with Crippen molar-refractivity contribution in [2.75, 3.05) is 28.6 Å². The first-order valence-corrected chi connectivity index (χ1v) is 11.7. The van der Waals surface area contributed by atoms with Crippen molar-refractivity contribution in [3.05, 3.63) is 77.9 Å². The molecule has 2 aliphatic rings. The number of hydrogen-bond acceptors (Lipinski definition) is 5. The summed E-state index contributed by atoms with van der Waals surface area (Å²) < 4.78 is 0. The average molecular weight is 456 g/mol. The minimum atomic E-state index is -0.367. The molecule has 2 amide bonds. The zero-order valence-corrected chi connectivity index (χ0v) is 19.6. The number of aryl methyl sites for hydroxylation is 2. The van der Waals surface area contributed by atoms with Crippen molar-refractivity contribution in [2.45, 2.75) is 38.5 Å². The van der Waals surface area contributed by atoms with Crippen LogP contribution in [0.15, 0.2) is 61.2 Å². The van der Waals surface area contributed by atoms with Gasteiger partial charge in [0.25, 0.3) is 0 Å². The highest BCUT2D eigenvalue weighted by molar-refractivity contribution is 6.05. The van der Waals surface area contributed by atoms with Gasteiger partial charge >= 0.3 is 0 Å². The summed E-state index contributed by atoms with van der Waals surface area (Å²) in [7, 11) is 0. The SMILES string of the molecule is CC1(C)CN(C(=O)[C@H]2CC(=O)N(c3cccc(N)c3)C2)c2ccc(CCc3cncnc3)cc21. The van der Waals surface area contributed by atoms with E-state index in [1.165, 1.54) is 11.1 Å². The normalized spacial score (nSPS) is 18.9. The van der Waals surface area contributed by atoms with Gasteiger partial charge in [0, 0.05) is 54.4 Å². The van der Waals surface area contributed by atoms with Crippen LogP contribution >= 0.6 is 0 Å². The second kappa shape index (κ2) is 8.56. The molecule has 174 valence electrons. The molecule has 0 aliphatic carbocycles. The first kappa shape index (κ1) is 22.1. The Hall–Kier alpha value is -3.74. The van der Waals surface area contributed by atoms with Gasteiger partial charge < -0.3 is 15.5 Å². The zero-order valence-electron chi connectivity index (χ0n) is 19.6. The lowest BCUT2D eigenvalue weighted by molar-refractivity contribution is -0.124. The summed E-state index contributed by atoms with van der Waals surface area (Å²) in [5.41, 5.74) is 11.6. The van der Waals surface area contributed by atoms with Gasteiger partial charge in [0.05, 0.1) is 5.92 Å². The maximum atomic E-state index is 13.6.